The van der Waals surface area contributed by atoms with E-state index in [1.165, 1.54) is 0 Å². The van der Waals surface area contributed by atoms with E-state index in [0.29, 0.717) is 41.5 Å². The number of nitrogens with zero attached hydrogens (tertiary/aromatic N) is 3. The van der Waals surface area contributed by atoms with Gasteiger partial charge >= 0.3 is 0 Å². The topological polar surface area (TPSA) is 81.2 Å². The number of benzene rings is 1. The zero-order chi connectivity index (χ0) is 19.9. The molecule has 1 aromatic heterocycles. The molecule has 0 radical (unpaired) electrons. The number of amides is 2. The third-order valence-electron chi connectivity index (χ3n) is 4.63. The minimum atomic E-state index is -0.552. The second kappa shape index (κ2) is 7.00. The van der Waals surface area contributed by atoms with Crippen molar-refractivity contribution in [3.8, 4) is 11.3 Å². The lowest BCUT2D eigenvalue weighted by Crippen LogP contribution is -2.42. The molecule has 1 atom stereocenters. The van der Waals surface area contributed by atoms with Gasteiger partial charge in [-0.25, -0.2) is 0 Å². The second-order valence-electron chi connectivity index (χ2n) is 8.35. The monoisotopic (exact) mass is 388 g/mol. The summed E-state index contributed by atoms with van der Waals surface area (Å²) >= 11 is 6.10. The Hall–Kier alpha value is -2.34. The van der Waals surface area contributed by atoms with Crippen LogP contribution in [0.2, 0.25) is 5.02 Å². The summed E-state index contributed by atoms with van der Waals surface area (Å²) in [5.41, 5.74) is 7.88. The summed E-state index contributed by atoms with van der Waals surface area (Å²) in [6.07, 6.45) is 0.445. The molecule has 1 aromatic carbocycles. The van der Waals surface area contributed by atoms with Gasteiger partial charge in [-0.1, -0.05) is 44.5 Å². The Morgan fingerprint density at radius 1 is 1.33 bits per heavy atom. The first-order valence-electron chi connectivity index (χ1n) is 9.02. The molecule has 1 aliphatic heterocycles. The molecule has 1 aliphatic rings. The van der Waals surface area contributed by atoms with Crippen molar-refractivity contribution in [1.29, 1.82) is 0 Å². The number of carbonyl (C=O) groups excluding carboxylic acids is 2. The van der Waals surface area contributed by atoms with E-state index >= 15 is 0 Å². The standard InChI is InChI=1S/C20H25ClN4O2/c1-12-10-24(16(26)9-20(2,3)4)11-15-17(19(22)27)18(23-25(12)15)13-6-5-7-14(21)8-13/h5-8,12H,9-11H2,1-4H3,(H2,22,27). The molecule has 2 heterocycles. The largest absolute Gasteiger partial charge is 0.365 e. The maximum absolute atomic E-state index is 12.7. The number of aromatic nitrogens is 2. The first-order chi connectivity index (χ1) is 12.6. The Labute approximate surface area is 164 Å². The molecule has 7 heteroatoms. The van der Waals surface area contributed by atoms with Crippen LogP contribution >= 0.6 is 11.6 Å². The van der Waals surface area contributed by atoms with Gasteiger partial charge in [-0.2, -0.15) is 5.10 Å². The summed E-state index contributed by atoms with van der Waals surface area (Å²) in [7, 11) is 0. The number of hydrogen-bond acceptors (Lipinski definition) is 3. The van der Waals surface area contributed by atoms with E-state index < -0.39 is 5.91 Å². The summed E-state index contributed by atoms with van der Waals surface area (Å²) in [4.78, 5) is 26.8. The zero-order valence-corrected chi connectivity index (χ0v) is 16.9. The zero-order valence-electron chi connectivity index (χ0n) is 16.1. The molecule has 2 amide bonds. The van der Waals surface area contributed by atoms with Crippen LogP contribution in [0.4, 0.5) is 0 Å². The van der Waals surface area contributed by atoms with Gasteiger partial charge in [0, 0.05) is 23.6 Å². The van der Waals surface area contributed by atoms with Crippen molar-refractivity contribution < 1.29 is 9.59 Å². The molecule has 0 saturated heterocycles. The molecule has 0 saturated carbocycles. The quantitative estimate of drug-likeness (QED) is 0.871. The van der Waals surface area contributed by atoms with Crippen LogP contribution in [0.25, 0.3) is 11.3 Å². The van der Waals surface area contributed by atoms with Crippen molar-refractivity contribution in [3.05, 3.63) is 40.5 Å². The number of fused-ring (bicyclic) bond motifs is 1. The summed E-state index contributed by atoms with van der Waals surface area (Å²) in [5.74, 6) is -0.481. The molecule has 0 fully saturated rings. The number of rotatable bonds is 3. The minimum Gasteiger partial charge on any atom is -0.365 e. The van der Waals surface area contributed by atoms with Crippen molar-refractivity contribution in [2.24, 2.45) is 11.1 Å². The molecule has 27 heavy (non-hydrogen) atoms. The molecular weight excluding hydrogens is 364 g/mol. The van der Waals surface area contributed by atoms with Crippen LogP contribution in [0, 0.1) is 5.41 Å². The van der Waals surface area contributed by atoms with Gasteiger partial charge in [-0.15, -0.1) is 0 Å². The lowest BCUT2D eigenvalue weighted by atomic mass is 9.91. The summed E-state index contributed by atoms with van der Waals surface area (Å²) in [5, 5.41) is 5.21. The number of hydrogen-bond donors (Lipinski definition) is 1. The molecule has 0 spiro atoms. The highest BCUT2D eigenvalue weighted by atomic mass is 35.5. The van der Waals surface area contributed by atoms with E-state index in [4.69, 9.17) is 17.3 Å². The first-order valence-corrected chi connectivity index (χ1v) is 9.39. The Morgan fingerprint density at radius 2 is 2.04 bits per heavy atom. The fourth-order valence-electron chi connectivity index (χ4n) is 3.48. The van der Waals surface area contributed by atoms with Crippen LogP contribution < -0.4 is 5.73 Å². The summed E-state index contributed by atoms with van der Waals surface area (Å²) < 4.78 is 1.82. The van der Waals surface area contributed by atoms with E-state index in [1.54, 1.807) is 17.0 Å². The van der Waals surface area contributed by atoms with E-state index in [-0.39, 0.29) is 17.4 Å². The predicted molar refractivity (Wildman–Crippen MR) is 105 cm³/mol. The Bertz CT molecular complexity index is 898. The highest BCUT2D eigenvalue weighted by Gasteiger charge is 2.33. The van der Waals surface area contributed by atoms with Gasteiger partial charge < -0.3 is 10.6 Å². The molecule has 0 bridgehead atoms. The average molecular weight is 389 g/mol. The Morgan fingerprint density at radius 3 is 2.63 bits per heavy atom. The maximum Gasteiger partial charge on any atom is 0.252 e. The molecule has 144 valence electrons. The fraction of sp³-hybridized carbons (Fsp3) is 0.450. The van der Waals surface area contributed by atoms with Gasteiger partial charge in [0.05, 0.1) is 23.8 Å². The number of carbonyl (C=O) groups is 2. The first kappa shape index (κ1) is 19.4. The normalized spacial score (nSPS) is 16.9. The molecule has 6 nitrogen and oxygen atoms in total. The third kappa shape index (κ3) is 4.00. The third-order valence-corrected chi connectivity index (χ3v) is 4.87. The number of halogens is 1. The van der Waals surface area contributed by atoms with E-state index in [9.17, 15) is 9.59 Å². The minimum absolute atomic E-state index is 0.0521. The second-order valence-corrected chi connectivity index (χ2v) is 8.79. The highest BCUT2D eigenvalue weighted by molar-refractivity contribution is 6.30. The van der Waals surface area contributed by atoms with Crippen LogP contribution in [-0.2, 0) is 11.3 Å². The van der Waals surface area contributed by atoms with E-state index in [1.807, 2.05) is 44.5 Å². The van der Waals surface area contributed by atoms with Crippen LogP contribution in [0.1, 0.15) is 56.2 Å². The number of primary amides is 1. The summed E-state index contributed by atoms with van der Waals surface area (Å²) in [6, 6.07) is 7.13. The molecule has 2 N–H and O–H groups in total. The molecular formula is C20H25ClN4O2. The van der Waals surface area contributed by atoms with E-state index in [2.05, 4.69) is 5.10 Å². The van der Waals surface area contributed by atoms with Crippen LogP contribution in [0.3, 0.4) is 0 Å². The lowest BCUT2D eigenvalue weighted by molar-refractivity contribution is -0.135. The van der Waals surface area contributed by atoms with Crippen LogP contribution in [0.15, 0.2) is 24.3 Å². The van der Waals surface area contributed by atoms with Gasteiger partial charge in [-0.05, 0) is 24.5 Å². The van der Waals surface area contributed by atoms with Crippen molar-refractivity contribution in [2.45, 2.75) is 46.7 Å². The van der Waals surface area contributed by atoms with Crippen molar-refractivity contribution >= 4 is 23.4 Å². The van der Waals surface area contributed by atoms with Gasteiger partial charge in [-0.3, -0.25) is 14.3 Å². The van der Waals surface area contributed by atoms with Gasteiger partial charge in [0.2, 0.25) is 5.91 Å². The van der Waals surface area contributed by atoms with Crippen LogP contribution in [-0.4, -0.2) is 33.0 Å². The van der Waals surface area contributed by atoms with Crippen molar-refractivity contribution in [1.82, 2.24) is 14.7 Å². The molecule has 3 rings (SSSR count). The molecule has 2 aromatic rings. The smallest absolute Gasteiger partial charge is 0.252 e. The van der Waals surface area contributed by atoms with Crippen molar-refractivity contribution in [2.75, 3.05) is 6.54 Å². The van der Waals surface area contributed by atoms with Gasteiger partial charge in [0.25, 0.3) is 5.91 Å². The number of nitrogens with two attached hydrogens (primary N) is 1. The molecule has 1 unspecified atom stereocenters. The van der Waals surface area contributed by atoms with E-state index in [0.717, 1.165) is 5.56 Å². The summed E-state index contributed by atoms with van der Waals surface area (Å²) in [6.45, 7) is 8.97. The van der Waals surface area contributed by atoms with Crippen molar-refractivity contribution in [3.63, 3.8) is 0 Å². The maximum atomic E-state index is 12.7. The Kier molecular flexibility index (Phi) is 5.04. The Balaban J connectivity index is 2.04. The predicted octanol–water partition coefficient (Wildman–Crippen LogP) is 3.64. The highest BCUT2D eigenvalue weighted by Crippen LogP contribution is 2.33. The fourth-order valence-corrected chi connectivity index (χ4v) is 3.67. The SMILES string of the molecule is CC1CN(C(=O)CC(C)(C)C)Cc2c(C(N)=O)c(-c3cccc(Cl)c3)nn21. The van der Waals surface area contributed by atoms with Gasteiger partial charge in [0.1, 0.15) is 5.69 Å². The lowest BCUT2D eigenvalue weighted by Gasteiger charge is -2.34. The molecule has 0 aliphatic carbocycles. The van der Waals surface area contributed by atoms with Gasteiger partial charge in [0.15, 0.2) is 0 Å². The van der Waals surface area contributed by atoms with Crippen LogP contribution in [0.5, 0.6) is 0 Å². The average Bonchev–Trinajstić information content (AvgIpc) is 2.93.